The fourth-order valence-corrected chi connectivity index (χ4v) is 11.0. The molecule has 0 bridgehead atoms. The number of rotatable bonds is 13. The zero-order valence-electron chi connectivity index (χ0n) is 46.1. The summed E-state index contributed by atoms with van der Waals surface area (Å²) in [6.07, 6.45) is 1.76. The fourth-order valence-electron chi connectivity index (χ4n) is 11.0. The third-order valence-corrected chi connectivity index (χ3v) is 14.3. The van der Waals surface area contributed by atoms with E-state index in [2.05, 4.69) is 20.4 Å². The minimum Gasteiger partial charge on any atom is -0.493 e. The summed E-state index contributed by atoms with van der Waals surface area (Å²) < 4.78 is 62.3. The molecule has 6 heterocycles. The summed E-state index contributed by atoms with van der Waals surface area (Å²) in [6.45, 7) is 20.5. The van der Waals surface area contributed by atoms with Gasteiger partial charge in [-0.2, -0.15) is 0 Å². The van der Waals surface area contributed by atoms with Crippen LogP contribution < -0.4 is 28.7 Å². The van der Waals surface area contributed by atoms with Crippen molar-refractivity contribution in [3.63, 3.8) is 0 Å². The maximum Gasteiger partial charge on any atom is 0.417 e. The normalized spacial score (nSPS) is 24.2. The molecule has 77 heavy (non-hydrogen) atoms. The van der Waals surface area contributed by atoms with Crippen molar-refractivity contribution in [2.75, 3.05) is 50.3 Å². The van der Waals surface area contributed by atoms with E-state index in [4.69, 9.17) is 47.4 Å². The first-order chi connectivity index (χ1) is 36.5. The maximum absolute atomic E-state index is 14.8. The highest BCUT2D eigenvalue weighted by molar-refractivity contribution is 6.07. The van der Waals surface area contributed by atoms with Crippen molar-refractivity contribution in [3.05, 3.63) is 82.4 Å². The van der Waals surface area contributed by atoms with Gasteiger partial charge >= 0.3 is 12.2 Å². The summed E-state index contributed by atoms with van der Waals surface area (Å²) in [6, 6.07) is 10.3. The predicted octanol–water partition coefficient (Wildman–Crippen LogP) is 9.93. The molecule has 4 fully saturated rings. The quantitative estimate of drug-likeness (QED) is 0.116. The van der Waals surface area contributed by atoms with E-state index < -0.39 is 60.5 Å². The maximum atomic E-state index is 14.8. The zero-order chi connectivity index (χ0) is 55.1. The number of carbonyl (C=O) groups excluding carboxylic acids is 5. The molecule has 4 amide bonds. The molecular formula is C58H74N4O15. The molecule has 3 aromatic rings. The molecule has 6 aliphatic heterocycles. The second kappa shape index (κ2) is 22.1. The number of aldehydes is 1. The summed E-state index contributed by atoms with van der Waals surface area (Å²) in [5, 5.41) is 0. The topological polar surface area (TPSA) is 191 Å². The van der Waals surface area contributed by atoms with Crippen LogP contribution in [0.3, 0.4) is 0 Å². The largest absolute Gasteiger partial charge is 0.493 e. The van der Waals surface area contributed by atoms with Crippen molar-refractivity contribution >= 4 is 41.7 Å². The van der Waals surface area contributed by atoms with Crippen LogP contribution in [-0.4, -0.2) is 129 Å². The number of nitrogens with zero attached hydrogens (tertiary/aromatic N) is 4. The zero-order valence-corrected chi connectivity index (χ0v) is 46.1. The molecule has 0 spiro atoms. The molecule has 3 unspecified atom stereocenters. The Kier molecular flexibility index (Phi) is 15.9. The first kappa shape index (κ1) is 55.3. The fraction of sp³-hybridized carbons (Fsp3) is 0.569. The molecule has 4 saturated heterocycles. The molecule has 0 aliphatic carbocycles. The van der Waals surface area contributed by atoms with Gasteiger partial charge in [-0.1, -0.05) is 26.0 Å². The van der Waals surface area contributed by atoms with Gasteiger partial charge in [0.05, 0.1) is 48.8 Å². The van der Waals surface area contributed by atoms with Gasteiger partial charge in [0, 0.05) is 44.0 Å². The minimum absolute atomic E-state index is 0.0890. The van der Waals surface area contributed by atoms with Gasteiger partial charge in [0.15, 0.2) is 48.0 Å². The number of amides is 4. The molecule has 9 rings (SSSR count). The molecule has 6 atom stereocenters. The van der Waals surface area contributed by atoms with E-state index in [1.165, 1.54) is 24.0 Å². The summed E-state index contributed by atoms with van der Waals surface area (Å²) in [5.41, 5.74) is 1.00. The lowest BCUT2D eigenvalue weighted by Crippen LogP contribution is -2.54. The molecule has 3 aromatic carbocycles. The van der Waals surface area contributed by atoms with Crippen molar-refractivity contribution in [2.24, 2.45) is 5.41 Å². The Balaban J connectivity index is 1.03. The number of hydrogen-bond donors (Lipinski definition) is 0. The van der Waals surface area contributed by atoms with Gasteiger partial charge in [0.2, 0.25) is 0 Å². The lowest BCUT2D eigenvalue weighted by Gasteiger charge is -2.39. The van der Waals surface area contributed by atoms with E-state index in [-0.39, 0.29) is 82.5 Å². The molecule has 0 radical (unpaired) electrons. The molecule has 19 heteroatoms. The third kappa shape index (κ3) is 12.2. The van der Waals surface area contributed by atoms with Crippen LogP contribution in [0.25, 0.3) is 0 Å². The number of ether oxygens (including phenoxy) is 10. The lowest BCUT2D eigenvalue weighted by atomic mass is 9.90. The van der Waals surface area contributed by atoms with Gasteiger partial charge in [0.25, 0.3) is 11.8 Å². The molecule has 0 N–H and O–H groups in total. The average molecular weight is 1070 g/mol. The van der Waals surface area contributed by atoms with E-state index in [0.717, 1.165) is 31.3 Å². The number of anilines is 2. The van der Waals surface area contributed by atoms with Crippen LogP contribution in [0.1, 0.15) is 149 Å². The van der Waals surface area contributed by atoms with E-state index in [0.29, 0.717) is 68.4 Å². The Hall–Kier alpha value is -6.41. The van der Waals surface area contributed by atoms with Gasteiger partial charge in [0.1, 0.15) is 30.7 Å². The Morgan fingerprint density at radius 1 is 0.675 bits per heavy atom. The van der Waals surface area contributed by atoms with Crippen LogP contribution in [-0.2, 0) is 41.6 Å². The van der Waals surface area contributed by atoms with E-state index in [1.807, 2.05) is 6.07 Å². The molecule has 416 valence electrons. The minimum atomic E-state index is -1.01. The van der Waals surface area contributed by atoms with Gasteiger partial charge in [-0.15, -0.1) is 0 Å². The SMILES string of the molecule is C=C1C[C@H]2C(OC3CCCCO3)N(C(=O)OC(C)(C)C)c3cc(OCc4cc(C=O)cc(COc5cc6c(cc5OC)C(=O)N5CC(C)(C)C[C@H]5[C@H](OC5CCCCO5)N6C(=O)OC(C)(C)C)c4)c(OC)cc3C(=O)N2C1. The number of methoxy groups -OCH3 is 2. The Morgan fingerprint density at radius 3 is 1.60 bits per heavy atom. The molecule has 0 saturated carbocycles. The predicted molar refractivity (Wildman–Crippen MR) is 283 cm³/mol. The summed E-state index contributed by atoms with van der Waals surface area (Å²) in [4.78, 5) is 77.3. The molecule has 6 aliphatic rings. The molecular weight excluding hydrogens is 993 g/mol. The Morgan fingerprint density at radius 2 is 1.16 bits per heavy atom. The van der Waals surface area contributed by atoms with Crippen molar-refractivity contribution in [3.8, 4) is 23.0 Å². The smallest absolute Gasteiger partial charge is 0.417 e. The summed E-state index contributed by atoms with van der Waals surface area (Å²) >= 11 is 0. The van der Waals surface area contributed by atoms with Crippen LogP contribution in [0.5, 0.6) is 23.0 Å². The van der Waals surface area contributed by atoms with Gasteiger partial charge in [-0.05, 0) is 140 Å². The molecule has 0 aromatic heterocycles. The second-order valence-corrected chi connectivity index (χ2v) is 23.5. The number of carbonyl (C=O) groups is 5. The number of hydrogen-bond acceptors (Lipinski definition) is 15. The van der Waals surface area contributed by atoms with Crippen LogP contribution in [0.2, 0.25) is 0 Å². The van der Waals surface area contributed by atoms with E-state index >= 15 is 0 Å². The van der Waals surface area contributed by atoms with Crippen molar-refractivity contribution in [2.45, 2.75) is 168 Å². The Labute approximate surface area is 450 Å². The summed E-state index contributed by atoms with van der Waals surface area (Å²) in [7, 11) is 2.93. The van der Waals surface area contributed by atoms with Crippen LogP contribution in [0.15, 0.2) is 54.6 Å². The standard InChI is InChI=1S/C58H74N4O15/c1-34-20-42-52(74-48-16-12-14-18-70-48)61(54(66)76-56(2,3)4)40-26-46(44(68-10)24-38(40)50(64)59(42)29-34)72-31-36-21-35(30-63)22-37(23-36)32-73-47-27-41-39(25-45(47)69-11)51(65)60-33-58(8,9)28-43(60)53(75-49-17-13-15-19-71-49)62(41)55(67)77-57(5,6)7/h21-27,30,42-43,48-49,52-53H,1,12-20,28-29,31-33H2,2-11H3/t42-,43-,48?,49?,52?,53-/m0/s1. The highest BCUT2D eigenvalue weighted by atomic mass is 16.7. The molecule has 19 nitrogen and oxygen atoms in total. The van der Waals surface area contributed by atoms with Crippen LogP contribution >= 0.6 is 0 Å². The van der Waals surface area contributed by atoms with Gasteiger partial charge in [-0.3, -0.25) is 14.4 Å². The summed E-state index contributed by atoms with van der Waals surface area (Å²) in [5.74, 6) is 0.219. The average Bonchev–Trinajstić information content (AvgIpc) is 3.93. The lowest BCUT2D eigenvalue weighted by molar-refractivity contribution is -0.196. The first-order valence-electron chi connectivity index (χ1n) is 26.7. The van der Waals surface area contributed by atoms with Gasteiger partial charge < -0.3 is 57.2 Å². The van der Waals surface area contributed by atoms with E-state index in [9.17, 15) is 24.0 Å². The van der Waals surface area contributed by atoms with Gasteiger partial charge in [-0.25, -0.2) is 19.4 Å². The van der Waals surface area contributed by atoms with Crippen molar-refractivity contribution in [1.29, 1.82) is 0 Å². The highest BCUT2D eigenvalue weighted by Gasteiger charge is 2.53. The van der Waals surface area contributed by atoms with Crippen LogP contribution in [0, 0.1) is 5.41 Å². The number of benzene rings is 3. The highest BCUT2D eigenvalue weighted by Crippen LogP contribution is 2.48. The first-order valence-corrected chi connectivity index (χ1v) is 26.7. The number of fused-ring (bicyclic) bond motifs is 4. The monoisotopic (exact) mass is 1070 g/mol. The second-order valence-electron chi connectivity index (χ2n) is 23.5. The third-order valence-electron chi connectivity index (χ3n) is 14.3. The van der Waals surface area contributed by atoms with Crippen molar-refractivity contribution < 1.29 is 71.3 Å². The van der Waals surface area contributed by atoms with Crippen molar-refractivity contribution in [1.82, 2.24) is 9.80 Å². The van der Waals surface area contributed by atoms with E-state index in [1.54, 1.807) is 87.7 Å². The Bertz CT molecular complexity index is 2750. The van der Waals surface area contributed by atoms with Crippen LogP contribution in [0.4, 0.5) is 21.0 Å².